The molecule has 0 saturated carbocycles. The van der Waals surface area contributed by atoms with Gasteiger partial charge in [-0.3, -0.25) is 14.7 Å². The number of aryl methyl sites for hydroxylation is 2. The third kappa shape index (κ3) is 5.30. The van der Waals surface area contributed by atoms with E-state index in [1.165, 1.54) is 23.5 Å². The predicted octanol–water partition coefficient (Wildman–Crippen LogP) is 5.58. The fourth-order valence-corrected chi connectivity index (χ4v) is 7.53. The van der Waals surface area contributed by atoms with Crippen molar-refractivity contribution in [3.8, 4) is 0 Å². The number of hydrogen-bond acceptors (Lipinski definition) is 6. The lowest BCUT2D eigenvalue weighted by Crippen LogP contribution is -2.39. The number of sulfonamides is 1. The number of anilines is 1. The zero-order valence-corrected chi connectivity index (χ0v) is 22.8. The Morgan fingerprint density at radius 3 is 2.62 bits per heavy atom. The molecule has 0 aliphatic carbocycles. The Bertz CT molecular complexity index is 1530. The Kier molecular flexibility index (Phi) is 7.11. The van der Waals surface area contributed by atoms with Crippen LogP contribution in [0.2, 0.25) is 0 Å². The zero-order valence-electron chi connectivity index (χ0n) is 21.2. The molecule has 0 spiro atoms. The lowest BCUT2D eigenvalue weighted by atomic mass is 10.0. The lowest BCUT2D eigenvalue weighted by Gasteiger charge is -2.30. The zero-order chi connectivity index (χ0) is 26.2. The molecule has 3 heterocycles. The molecule has 192 valence electrons. The number of fused-ring (bicyclic) bond motifs is 1. The lowest BCUT2D eigenvalue weighted by molar-refractivity contribution is 0.0984. The van der Waals surface area contributed by atoms with Crippen molar-refractivity contribution in [3.05, 3.63) is 83.2 Å². The largest absolute Gasteiger partial charge is 0.278 e. The molecule has 1 aliphatic heterocycles. The molecule has 1 saturated heterocycles. The number of nitrogens with zero attached hydrogens (tertiary/aromatic N) is 4. The van der Waals surface area contributed by atoms with Gasteiger partial charge in [0.15, 0.2) is 5.13 Å². The van der Waals surface area contributed by atoms with Crippen molar-refractivity contribution in [2.24, 2.45) is 5.92 Å². The highest BCUT2D eigenvalue weighted by atomic mass is 32.2. The van der Waals surface area contributed by atoms with Crippen molar-refractivity contribution in [3.63, 3.8) is 0 Å². The van der Waals surface area contributed by atoms with E-state index in [2.05, 4.69) is 24.0 Å². The Balaban J connectivity index is 1.48. The van der Waals surface area contributed by atoms with Crippen LogP contribution in [0.5, 0.6) is 0 Å². The fourth-order valence-electron chi connectivity index (χ4n) is 4.79. The van der Waals surface area contributed by atoms with Gasteiger partial charge in [-0.15, -0.1) is 0 Å². The fraction of sp³-hybridized carbons (Fsp3) is 0.321. The maximum atomic E-state index is 13.8. The van der Waals surface area contributed by atoms with Crippen molar-refractivity contribution in [2.75, 3.05) is 18.0 Å². The van der Waals surface area contributed by atoms with Crippen molar-refractivity contribution in [1.82, 2.24) is 14.3 Å². The molecule has 1 amide bonds. The van der Waals surface area contributed by atoms with Gasteiger partial charge in [0.2, 0.25) is 10.0 Å². The molecule has 0 bridgehead atoms. The summed E-state index contributed by atoms with van der Waals surface area (Å²) in [5.41, 5.74) is 4.21. The van der Waals surface area contributed by atoms with Crippen molar-refractivity contribution < 1.29 is 13.2 Å². The number of hydrogen-bond donors (Lipinski definition) is 0. The number of thiazole rings is 1. The summed E-state index contributed by atoms with van der Waals surface area (Å²) in [5.74, 6) is 0.0837. The van der Waals surface area contributed by atoms with Gasteiger partial charge in [0.25, 0.3) is 5.91 Å². The average Bonchev–Trinajstić information content (AvgIpc) is 3.32. The molecular weight excluding hydrogens is 504 g/mol. The van der Waals surface area contributed by atoms with E-state index in [-0.39, 0.29) is 17.3 Å². The second kappa shape index (κ2) is 10.3. The maximum Gasteiger partial charge on any atom is 0.260 e. The quantitative estimate of drug-likeness (QED) is 0.323. The molecule has 0 N–H and O–H groups in total. The normalized spacial score (nSPS) is 16.7. The van der Waals surface area contributed by atoms with Crippen molar-refractivity contribution >= 4 is 42.6 Å². The van der Waals surface area contributed by atoms with E-state index in [0.717, 1.165) is 39.9 Å². The van der Waals surface area contributed by atoms with Gasteiger partial charge in [0.05, 0.1) is 27.4 Å². The van der Waals surface area contributed by atoms with Crippen LogP contribution >= 0.6 is 11.3 Å². The van der Waals surface area contributed by atoms with Crippen molar-refractivity contribution in [2.45, 2.75) is 45.1 Å². The smallest absolute Gasteiger partial charge is 0.260 e. The van der Waals surface area contributed by atoms with Gasteiger partial charge in [-0.05, 0) is 86.2 Å². The van der Waals surface area contributed by atoms with Crippen molar-refractivity contribution in [1.29, 1.82) is 0 Å². The van der Waals surface area contributed by atoms with Crippen LogP contribution in [0.15, 0.2) is 65.7 Å². The standard InChI is InChI=1S/C28H30N4O3S2/c1-19-7-6-14-31(17-19)37(34,35)24-11-9-22(10-12-24)27(33)32(18-23-8-4-5-13-29-23)28-30-26-21(3)15-20(2)16-25(26)36-28/h4-5,8-13,15-16,19H,6-7,14,17-18H2,1-3H3. The molecule has 9 heteroatoms. The van der Waals surface area contributed by atoms with E-state index in [1.54, 1.807) is 27.5 Å². The van der Waals surface area contributed by atoms with Crippen LogP contribution < -0.4 is 4.90 Å². The molecule has 2 aromatic heterocycles. The third-order valence-electron chi connectivity index (χ3n) is 6.70. The highest BCUT2D eigenvalue weighted by molar-refractivity contribution is 7.89. The van der Waals surface area contributed by atoms with Gasteiger partial charge in [0.1, 0.15) is 0 Å². The SMILES string of the molecule is Cc1cc(C)c2nc(N(Cc3ccccn3)C(=O)c3ccc(S(=O)(=O)N4CCCC(C)C4)cc3)sc2c1. The van der Waals surface area contributed by atoms with Crippen LogP contribution in [-0.2, 0) is 16.6 Å². The van der Waals surface area contributed by atoms with Gasteiger partial charge in [-0.1, -0.05) is 30.4 Å². The molecule has 1 atom stereocenters. The number of carbonyl (C=O) groups excluding carboxylic acids is 1. The number of amides is 1. The summed E-state index contributed by atoms with van der Waals surface area (Å²) >= 11 is 1.47. The van der Waals surface area contributed by atoms with E-state index in [9.17, 15) is 13.2 Å². The summed E-state index contributed by atoms with van der Waals surface area (Å²) in [6.07, 6.45) is 3.60. The molecule has 37 heavy (non-hydrogen) atoms. The summed E-state index contributed by atoms with van der Waals surface area (Å²) in [6, 6.07) is 16.0. The molecule has 7 nitrogen and oxygen atoms in total. The van der Waals surface area contributed by atoms with Gasteiger partial charge in [0, 0.05) is 24.8 Å². The van der Waals surface area contributed by atoms with E-state index in [1.807, 2.05) is 32.0 Å². The summed E-state index contributed by atoms with van der Waals surface area (Å²) in [6.45, 7) is 7.45. The van der Waals surface area contributed by atoms with Gasteiger partial charge in [-0.2, -0.15) is 4.31 Å². The highest BCUT2D eigenvalue weighted by Gasteiger charge is 2.29. The van der Waals surface area contributed by atoms with Crippen LogP contribution in [-0.4, -0.2) is 41.7 Å². The van der Waals surface area contributed by atoms with E-state index >= 15 is 0 Å². The van der Waals surface area contributed by atoms with E-state index < -0.39 is 10.0 Å². The monoisotopic (exact) mass is 534 g/mol. The average molecular weight is 535 g/mol. The minimum Gasteiger partial charge on any atom is -0.278 e. The molecule has 1 aliphatic rings. The molecule has 2 aromatic carbocycles. The summed E-state index contributed by atoms with van der Waals surface area (Å²) < 4.78 is 28.9. The van der Waals surface area contributed by atoms with Gasteiger partial charge in [-0.25, -0.2) is 13.4 Å². The Hall–Kier alpha value is -3.14. The first-order valence-corrected chi connectivity index (χ1v) is 14.7. The summed E-state index contributed by atoms with van der Waals surface area (Å²) in [5, 5.41) is 0.582. The number of aromatic nitrogens is 2. The van der Waals surface area contributed by atoms with Crippen LogP contribution in [0.1, 0.15) is 46.9 Å². The second-order valence-corrected chi connectivity index (χ2v) is 12.7. The first-order valence-electron chi connectivity index (χ1n) is 12.4. The van der Waals surface area contributed by atoms with E-state index in [4.69, 9.17) is 4.98 Å². The molecular formula is C28H30N4O3S2. The minimum absolute atomic E-state index is 0.209. The molecule has 1 fully saturated rings. The van der Waals surface area contributed by atoms with Gasteiger partial charge >= 0.3 is 0 Å². The molecule has 5 rings (SSSR count). The summed E-state index contributed by atoms with van der Waals surface area (Å²) in [7, 11) is -3.60. The first-order chi connectivity index (χ1) is 17.7. The number of pyridine rings is 1. The highest BCUT2D eigenvalue weighted by Crippen LogP contribution is 2.33. The van der Waals surface area contributed by atoms with Crippen LogP contribution in [0.25, 0.3) is 10.2 Å². The predicted molar refractivity (Wildman–Crippen MR) is 147 cm³/mol. The number of piperidine rings is 1. The Morgan fingerprint density at radius 1 is 1.14 bits per heavy atom. The summed E-state index contributed by atoms with van der Waals surface area (Å²) in [4.78, 5) is 24.8. The number of rotatable bonds is 6. The topological polar surface area (TPSA) is 83.5 Å². The molecule has 0 radical (unpaired) electrons. The molecule has 1 unspecified atom stereocenters. The van der Waals surface area contributed by atoms with Crippen LogP contribution in [0.4, 0.5) is 5.13 Å². The number of carbonyl (C=O) groups is 1. The first kappa shape index (κ1) is 25.5. The second-order valence-electron chi connectivity index (χ2n) is 9.77. The third-order valence-corrected chi connectivity index (χ3v) is 9.60. The van der Waals surface area contributed by atoms with Crippen LogP contribution in [0, 0.1) is 19.8 Å². The van der Waals surface area contributed by atoms with E-state index in [0.29, 0.717) is 29.7 Å². The van der Waals surface area contributed by atoms with Crippen LogP contribution in [0.3, 0.4) is 0 Å². The minimum atomic E-state index is -3.60. The van der Waals surface area contributed by atoms with Gasteiger partial charge < -0.3 is 0 Å². The maximum absolute atomic E-state index is 13.8. The number of benzene rings is 2. The Morgan fingerprint density at radius 2 is 1.92 bits per heavy atom. The molecule has 4 aromatic rings. The Labute approximate surface area is 221 Å².